The Bertz CT molecular complexity index is 611. The molecule has 8 heteroatoms. The highest BCUT2D eigenvalue weighted by atomic mass is 127. The van der Waals surface area contributed by atoms with E-state index in [0.29, 0.717) is 18.2 Å². The SMILES string of the molecule is CN=C(NCCS(=O)c1ccccc1)N1CCC(CN2CCOCC2)C1.I. The van der Waals surface area contributed by atoms with Crippen LogP contribution in [0.25, 0.3) is 0 Å². The summed E-state index contributed by atoms with van der Waals surface area (Å²) in [6.45, 7) is 7.71. The van der Waals surface area contributed by atoms with Crippen molar-refractivity contribution in [2.24, 2.45) is 10.9 Å². The van der Waals surface area contributed by atoms with Gasteiger partial charge in [-0.3, -0.25) is 14.1 Å². The number of aliphatic imine (C=N–C) groups is 1. The normalized spacial score (nSPS) is 22.3. The molecule has 27 heavy (non-hydrogen) atoms. The Labute approximate surface area is 182 Å². The number of guanidine groups is 1. The second kappa shape index (κ2) is 12.0. The number of ether oxygens (including phenoxy) is 1. The van der Waals surface area contributed by atoms with Crippen LogP contribution in [-0.2, 0) is 15.5 Å². The van der Waals surface area contributed by atoms with Crippen LogP contribution in [0.5, 0.6) is 0 Å². The van der Waals surface area contributed by atoms with Crippen LogP contribution in [0.4, 0.5) is 0 Å². The molecule has 2 atom stereocenters. The van der Waals surface area contributed by atoms with Crippen molar-refractivity contribution in [3.8, 4) is 0 Å². The van der Waals surface area contributed by atoms with Crippen molar-refractivity contribution >= 4 is 40.7 Å². The summed E-state index contributed by atoms with van der Waals surface area (Å²) in [7, 11) is 0.855. The molecule has 6 nitrogen and oxygen atoms in total. The molecule has 2 unspecified atom stereocenters. The Balaban J connectivity index is 0.00000261. The highest BCUT2D eigenvalue weighted by Crippen LogP contribution is 2.18. The van der Waals surface area contributed by atoms with Crippen molar-refractivity contribution in [2.75, 3.05) is 65.3 Å². The molecule has 0 radical (unpaired) electrons. The van der Waals surface area contributed by atoms with Crippen LogP contribution in [-0.4, -0.2) is 85.3 Å². The van der Waals surface area contributed by atoms with Gasteiger partial charge in [-0.05, 0) is 24.5 Å². The van der Waals surface area contributed by atoms with E-state index in [1.165, 1.54) is 6.42 Å². The standard InChI is InChI=1S/C19H30N4O2S.HI/c1-20-19(21-8-14-26(24)18-5-3-2-4-6-18)23-9-7-17(16-23)15-22-10-12-25-13-11-22;/h2-6,17H,7-16H2,1H3,(H,20,21);1H. The molecular weight excluding hydrogens is 475 g/mol. The Morgan fingerprint density at radius 3 is 2.70 bits per heavy atom. The van der Waals surface area contributed by atoms with E-state index in [-0.39, 0.29) is 24.0 Å². The molecule has 0 bridgehead atoms. The lowest BCUT2D eigenvalue weighted by Crippen LogP contribution is -2.43. The van der Waals surface area contributed by atoms with E-state index in [9.17, 15) is 4.21 Å². The Morgan fingerprint density at radius 1 is 1.26 bits per heavy atom. The van der Waals surface area contributed by atoms with E-state index < -0.39 is 10.8 Å². The maximum Gasteiger partial charge on any atom is 0.193 e. The predicted molar refractivity (Wildman–Crippen MR) is 121 cm³/mol. The average Bonchev–Trinajstić information content (AvgIpc) is 3.15. The van der Waals surface area contributed by atoms with Crippen molar-refractivity contribution in [1.29, 1.82) is 0 Å². The van der Waals surface area contributed by atoms with Crippen LogP contribution in [0.3, 0.4) is 0 Å². The van der Waals surface area contributed by atoms with Crippen LogP contribution >= 0.6 is 24.0 Å². The molecule has 3 rings (SSSR count). The van der Waals surface area contributed by atoms with Crippen LogP contribution in [0, 0.1) is 5.92 Å². The third kappa shape index (κ3) is 6.99. The lowest BCUT2D eigenvalue weighted by molar-refractivity contribution is 0.0315. The van der Waals surface area contributed by atoms with Gasteiger partial charge in [-0.15, -0.1) is 24.0 Å². The lowest BCUT2D eigenvalue weighted by atomic mass is 10.1. The first-order chi connectivity index (χ1) is 12.8. The number of benzene rings is 1. The molecule has 0 aromatic heterocycles. The highest BCUT2D eigenvalue weighted by Gasteiger charge is 2.27. The molecule has 2 fully saturated rings. The zero-order chi connectivity index (χ0) is 18.2. The van der Waals surface area contributed by atoms with Gasteiger partial charge >= 0.3 is 0 Å². The zero-order valence-corrected chi connectivity index (χ0v) is 19.2. The van der Waals surface area contributed by atoms with Crippen molar-refractivity contribution in [1.82, 2.24) is 15.1 Å². The lowest BCUT2D eigenvalue weighted by Gasteiger charge is -2.29. The van der Waals surface area contributed by atoms with Gasteiger partial charge in [-0.1, -0.05) is 18.2 Å². The number of halogens is 1. The highest BCUT2D eigenvalue weighted by molar-refractivity contribution is 14.0. The summed E-state index contributed by atoms with van der Waals surface area (Å²) in [6, 6.07) is 9.64. The molecular formula is C19H31IN4O2S. The summed E-state index contributed by atoms with van der Waals surface area (Å²) in [6.07, 6.45) is 1.20. The molecule has 0 spiro atoms. The number of nitrogens with one attached hydrogen (secondary N) is 1. The number of rotatable bonds is 6. The fourth-order valence-electron chi connectivity index (χ4n) is 3.60. The van der Waals surface area contributed by atoms with Gasteiger partial charge in [-0.2, -0.15) is 0 Å². The summed E-state index contributed by atoms with van der Waals surface area (Å²) in [5.41, 5.74) is 0. The zero-order valence-electron chi connectivity index (χ0n) is 16.0. The molecule has 0 amide bonds. The molecule has 2 aliphatic heterocycles. The summed E-state index contributed by atoms with van der Waals surface area (Å²) in [5, 5.41) is 3.39. The van der Waals surface area contributed by atoms with Crippen molar-refractivity contribution < 1.29 is 8.95 Å². The maximum absolute atomic E-state index is 12.3. The van der Waals surface area contributed by atoms with Crippen LogP contribution < -0.4 is 5.32 Å². The van der Waals surface area contributed by atoms with Gasteiger partial charge in [0.05, 0.1) is 24.0 Å². The van der Waals surface area contributed by atoms with Gasteiger partial charge < -0.3 is 15.0 Å². The number of morpholine rings is 1. The molecule has 2 aliphatic rings. The third-order valence-corrected chi connectivity index (χ3v) is 6.37. The summed E-state index contributed by atoms with van der Waals surface area (Å²) >= 11 is 0. The minimum absolute atomic E-state index is 0. The first-order valence-electron chi connectivity index (χ1n) is 9.45. The average molecular weight is 506 g/mol. The monoisotopic (exact) mass is 506 g/mol. The van der Waals surface area contributed by atoms with Gasteiger partial charge in [0.15, 0.2) is 5.96 Å². The van der Waals surface area contributed by atoms with E-state index in [0.717, 1.165) is 56.8 Å². The second-order valence-corrected chi connectivity index (χ2v) is 8.42. The van der Waals surface area contributed by atoms with Crippen molar-refractivity contribution in [3.63, 3.8) is 0 Å². The molecule has 1 aromatic rings. The first-order valence-corrected chi connectivity index (χ1v) is 10.8. The Morgan fingerprint density at radius 2 is 2.00 bits per heavy atom. The molecule has 1 N–H and O–H groups in total. The van der Waals surface area contributed by atoms with Gasteiger partial charge in [0.25, 0.3) is 0 Å². The molecule has 0 aliphatic carbocycles. The van der Waals surface area contributed by atoms with E-state index in [2.05, 4.69) is 20.1 Å². The fourth-order valence-corrected chi connectivity index (χ4v) is 4.58. The third-order valence-electron chi connectivity index (χ3n) is 4.99. The summed E-state index contributed by atoms with van der Waals surface area (Å²) in [5.74, 6) is 2.21. The molecule has 0 saturated carbocycles. The van der Waals surface area contributed by atoms with Crippen LogP contribution in [0.15, 0.2) is 40.2 Å². The summed E-state index contributed by atoms with van der Waals surface area (Å²) in [4.78, 5) is 10.1. The van der Waals surface area contributed by atoms with E-state index in [1.54, 1.807) is 0 Å². The number of hydrogen-bond donors (Lipinski definition) is 1. The minimum atomic E-state index is -0.970. The van der Waals surface area contributed by atoms with Gasteiger partial charge in [-0.25, -0.2) is 0 Å². The van der Waals surface area contributed by atoms with Crippen LogP contribution in [0.1, 0.15) is 6.42 Å². The molecule has 152 valence electrons. The smallest absolute Gasteiger partial charge is 0.193 e. The van der Waals surface area contributed by atoms with E-state index in [1.807, 2.05) is 37.4 Å². The largest absolute Gasteiger partial charge is 0.379 e. The summed E-state index contributed by atoms with van der Waals surface area (Å²) < 4.78 is 17.7. The quantitative estimate of drug-likeness (QED) is 0.361. The van der Waals surface area contributed by atoms with E-state index in [4.69, 9.17) is 4.74 Å². The molecule has 2 saturated heterocycles. The number of nitrogens with zero attached hydrogens (tertiary/aromatic N) is 3. The Hall–Kier alpha value is -0.710. The molecule has 2 heterocycles. The Kier molecular flexibility index (Phi) is 10.0. The van der Waals surface area contributed by atoms with Crippen LogP contribution in [0.2, 0.25) is 0 Å². The molecule has 1 aromatic carbocycles. The fraction of sp³-hybridized carbons (Fsp3) is 0.632. The van der Waals surface area contributed by atoms with E-state index >= 15 is 0 Å². The number of likely N-dealkylation sites (tertiary alicyclic amines) is 1. The second-order valence-electron chi connectivity index (χ2n) is 6.85. The minimum Gasteiger partial charge on any atom is -0.379 e. The van der Waals surface area contributed by atoms with Gasteiger partial charge in [0, 0.05) is 57.0 Å². The van der Waals surface area contributed by atoms with Crippen molar-refractivity contribution in [2.45, 2.75) is 11.3 Å². The van der Waals surface area contributed by atoms with Gasteiger partial charge in [0.2, 0.25) is 0 Å². The predicted octanol–water partition coefficient (Wildman–Crippen LogP) is 1.64. The van der Waals surface area contributed by atoms with Gasteiger partial charge in [0.1, 0.15) is 0 Å². The number of hydrogen-bond acceptors (Lipinski definition) is 4. The van der Waals surface area contributed by atoms with Crippen molar-refractivity contribution in [3.05, 3.63) is 30.3 Å². The topological polar surface area (TPSA) is 57.2 Å². The maximum atomic E-state index is 12.3. The first kappa shape index (κ1) is 22.6.